The predicted molar refractivity (Wildman–Crippen MR) is 140 cm³/mol. The van der Waals surface area contributed by atoms with Crippen molar-refractivity contribution >= 4 is 0 Å². The predicted octanol–water partition coefficient (Wildman–Crippen LogP) is 3.10. The first kappa shape index (κ1) is 28.4. The van der Waals surface area contributed by atoms with Crippen molar-refractivity contribution in [1.82, 2.24) is 9.80 Å². The summed E-state index contributed by atoms with van der Waals surface area (Å²) in [5, 5.41) is 20.5. The van der Waals surface area contributed by atoms with Gasteiger partial charge in [0, 0.05) is 50.4 Å². The zero-order valence-electron chi connectivity index (χ0n) is 21.8. The van der Waals surface area contributed by atoms with E-state index in [4.69, 9.17) is 18.9 Å². The monoisotopic (exact) mass is 502 g/mol. The van der Waals surface area contributed by atoms with Crippen LogP contribution in [0.2, 0.25) is 0 Å². The van der Waals surface area contributed by atoms with Crippen molar-refractivity contribution in [2.75, 3.05) is 79.0 Å². The minimum absolute atomic E-state index is 0.315. The van der Waals surface area contributed by atoms with E-state index in [0.717, 1.165) is 48.4 Å². The fraction of sp³-hybridized carbons (Fsp3) is 0.571. The van der Waals surface area contributed by atoms with Gasteiger partial charge in [0.05, 0.1) is 52.9 Å². The zero-order chi connectivity index (χ0) is 25.6. The van der Waals surface area contributed by atoms with Gasteiger partial charge in [0.1, 0.15) is 11.5 Å². The van der Waals surface area contributed by atoms with Crippen molar-refractivity contribution < 1.29 is 29.2 Å². The molecule has 2 aromatic carbocycles. The number of benzene rings is 2. The van der Waals surface area contributed by atoms with Crippen LogP contribution in [0.1, 0.15) is 22.3 Å². The van der Waals surface area contributed by atoms with Gasteiger partial charge in [0.2, 0.25) is 0 Å². The maximum Gasteiger partial charge on any atom is 0.120 e. The molecule has 1 aliphatic heterocycles. The minimum Gasteiger partial charge on any atom is -0.508 e. The number of aryl methyl sites for hydroxylation is 2. The van der Waals surface area contributed by atoms with E-state index >= 15 is 0 Å². The molecule has 0 bridgehead atoms. The first-order valence-corrected chi connectivity index (χ1v) is 12.8. The fourth-order valence-corrected chi connectivity index (χ4v) is 4.12. The van der Waals surface area contributed by atoms with E-state index in [1.54, 1.807) is 12.1 Å². The molecular weight excluding hydrogens is 460 g/mol. The summed E-state index contributed by atoms with van der Waals surface area (Å²) in [5.74, 6) is 0.630. The highest BCUT2D eigenvalue weighted by Crippen LogP contribution is 2.21. The molecule has 2 N–H and O–H groups in total. The van der Waals surface area contributed by atoms with Gasteiger partial charge < -0.3 is 29.2 Å². The summed E-state index contributed by atoms with van der Waals surface area (Å²) in [4.78, 5) is 4.47. The summed E-state index contributed by atoms with van der Waals surface area (Å²) < 4.78 is 23.3. The highest BCUT2D eigenvalue weighted by atomic mass is 16.5. The molecule has 2 aromatic rings. The van der Waals surface area contributed by atoms with Crippen molar-refractivity contribution in [3.8, 4) is 11.5 Å². The Labute approximate surface area is 215 Å². The number of ether oxygens (including phenoxy) is 4. The number of rotatable bonds is 4. The molecule has 1 saturated heterocycles. The molecular formula is C28H42N2O6. The van der Waals surface area contributed by atoms with Crippen molar-refractivity contribution in [3.05, 3.63) is 58.7 Å². The van der Waals surface area contributed by atoms with Crippen LogP contribution in [0.3, 0.4) is 0 Å². The first-order valence-electron chi connectivity index (χ1n) is 12.8. The number of phenols is 2. The lowest BCUT2D eigenvalue weighted by Crippen LogP contribution is -2.32. The summed E-state index contributed by atoms with van der Waals surface area (Å²) in [6.07, 6.45) is 0. The van der Waals surface area contributed by atoms with Gasteiger partial charge in [-0.3, -0.25) is 9.80 Å². The molecule has 0 amide bonds. The van der Waals surface area contributed by atoms with Crippen LogP contribution < -0.4 is 0 Å². The van der Waals surface area contributed by atoms with Gasteiger partial charge in [-0.05, 0) is 26.0 Å². The summed E-state index contributed by atoms with van der Waals surface area (Å²) in [6.45, 7) is 12.7. The molecule has 0 radical (unpaired) electrons. The molecule has 3 rings (SSSR count). The Morgan fingerprint density at radius 3 is 1.22 bits per heavy atom. The van der Waals surface area contributed by atoms with Crippen LogP contribution in [0.4, 0.5) is 0 Å². The molecule has 8 nitrogen and oxygen atoms in total. The van der Waals surface area contributed by atoms with Crippen LogP contribution >= 0.6 is 0 Å². The molecule has 0 aromatic heterocycles. The lowest BCUT2D eigenvalue weighted by molar-refractivity contribution is 0.00611. The van der Waals surface area contributed by atoms with Gasteiger partial charge in [-0.2, -0.15) is 0 Å². The van der Waals surface area contributed by atoms with E-state index < -0.39 is 0 Å². The van der Waals surface area contributed by atoms with Crippen molar-refractivity contribution in [3.63, 3.8) is 0 Å². The third kappa shape index (κ3) is 10.4. The molecule has 36 heavy (non-hydrogen) atoms. The van der Waals surface area contributed by atoms with Crippen LogP contribution in [0.25, 0.3) is 0 Å². The van der Waals surface area contributed by atoms with Crippen LogP contribution in [0.5, 0.6) is 11.5 Å². The standard InChI is InChI=1S/C28H42N2O6/c1-23-3-5-27(31)25(19-23)21-29-7-11-33-15-17-35-13-9-30(10-14-36-18-16-34-12-8-29)22-26-20-24(2)4-6-28(26)32/h3-6,19-20,31-32H,7-18,21-22H2,1-2H3. The van der Waals surface area contributed by atoms with Gasteiger partial charge in [-0.15, -0.1) is 0 Å². The normalized spacial score (nSPS) is 18.9. The zero-order valence-corrected chi connectivity index (χ0v) is 21.8. The summed E-state index contributed by atoms with van der Waals surface area (Å²) in [6, 6.07) is 11.4. The molecule has 0 aliphatic carbocycles. The topological polar surface area (TPSA) is 83.9 Å². The van der Waals surface area contributed by atoms with Gasteiger partial charge in [0.15, 0.2) is 0 Å². The van der Waals surface area contributed by atoms with Gasteiger partial charge >= 0.3 is 0 Å². The Hall–Kier alpha value is -2.20. The van der Waals surface area contributed by atoms with Crippen molar-refractivity contribution in [1.29, 1.82) is 0 Å². The quantitative estimate of drug-likeness (QED) is 0.660. The van der Waals surface area contributed by atoms with E-state index in [0.29, 0.717) is 77.4 Å². The Kier molecular flexibility index (Phi) is 12.5. The van der Waals surface area contributed by atoms with E-state index in [-0.39, 0.29) is 0 Å². The molecule has 1 aliphatic rings. The van der Waals surface area contributed by atoms with E-state index in [2.05, 4.69) is 9.80 Å². The molecule has 8 heteroatoms. The summed E-state index contributed by atoms with van der Waals surface area (Å²) in [7, 11) is 0. The lowest BCUT2D eigenvalue weighted by Gasteiger charge is -2.24. The van der Waals surface area contributed by atoms with Gasteiger partial charge in [0.25, 0.3) is 0 Å². The summed E-state index contributed by atoms with van der Waals surface area (Å²) >= 11 is 0. The van der Waals surface area contributed by atoms with Gasteiger partial charge in [-0.1, -0.05) is 35.4 Å². The van der Waals surface area contributed by atoms with Gasteiger partial charge in [-0.25, -0.2) is 0 Å². The lowest BCUT2D eigenvalue weighted by atomic mass is 10.1. The number of nitrogens with zero attached hydrogens (tertiary/aromatic N) is 2. The third-order valence-electron chi connectivity index (χ3n) is 6.21. The highest BCUT2D eigenvalue weighted by molar-refractivity contribution is 5.36. The van der Waals surface area contributed by atoms with Crippen LogP contribution in [-0.2, 0) is 32.0 Å². The highest BCUT2D eigenvalue weighted by Gasteiger charge is 2.12. The number of hydrogen-bond donors (Lipinski definition) is 2. The SMILES string of the molecule is Cc1ccc(O)c(CN2CCOCCOCCN(Cc3cc(C)ccc3O)CCOCCOCC2)c1. The largest absolute Gasteiger partial charge is 0.508 e. The smallest absolute Gasteiger partial charge is 0.120 e. The molecule has 0 saturated carbocycles. The second-order valence-electron chi connectivity index (χ2n) is 9.27. The van der Waals surface area contributed by atoms with E-state index in [9.17, 15) is 10.2 Å². The molecule has 1 heterocycles. The third-order valence-corrected chi connectivity index (χ3v) is 6.21. The Morgan fingerprint density at radius 1 is 0.556 bits per heavy atom. The molecule has 1 fully saturated rings. The summed E-state index contributed by atoms with van der Waals surface area (Å²) in [5.41, 5.74) is 4.07. The fourth-order valence-electron chi connectivity index (χ4n) is 4.12. The van der Waals surface area contributed by atoms with Crippen LogP contribution in [-0.4, -0.2) is 99.0 Å². The minimum atomic E-state index is 0.315. The van der Waals surface area contributed by atoms with E-state index in [1.807, 2.05) is 38.1 Å². The second-order valence-corrected chi connectivity index (χ2v) is 9.27. The molecule has 0 atom stereocenters. The van der Waals surface area contributed by atoms with Crippen molar-refractivity contribution in [2.45, 2.75) is 26.9 Å². The second kappa shape index (κ2) is 15.8. The molecule has 200 valence electrons. The van der Waals surface area contributed by atoms with Crippen molar-refractivity contribution in [2.24, 2.45) is 0 Å². The van der Waals surface area contributed by atoms with Crippen LogP contribution in [0.15, 0.2) is 36.4 Å². The Bertz CT molecular complexity index is 816. The number of aromatic hydroxyl groups is 2. The number of hydrogen-bond acceptors (Lipinski definition) is 8. The first-order chi connectivity index (χ1) is 17.5. The Morgan fingerprint density at radius 2 is 0.889 bits per heavy atom. The Balaban J connectivity index is 1.49. The average molecular weight is 503 g/mol. The number of phenolic OH excluding ortho intramolecular Hbond substituents is 2. The molecule has 0 unspecified atom stereocenters. The molecule has 0 spiro atoms. The van der Waals surface area contributed by atoms with Crippen LogP contribution in [0, 0.1) is 13.8 Å². The van der Waals surface area contributed by atoms with E-state index in [1.165, 1.54) is 0 Å². The maximum absolute atomic E-state index is 10.2. The maximum atomic E-state index is 10.2. The average Bonchev–Trinajstić information content (AvgIpc) is 2.85.